The second kappa shape index (κ2) is 15.4. The van der Waals surface area contributed by atoms with Gasteiger partial charge in [-0.3, -0.25) is 4.79 Å². The van der Waals surface area contributed by atoms with E-state index in [9.17, 15) is 27.1 Å². The summed E-state index contributed by atoms with van der Waals surface area (Å²) in [5.41, 5.74) is 1.71. The Balaban J connectivity index is 1.88. The maximum absolute atomic E-state index is 14.0. The molecule has 1 amide bonds. The number of rotatable bonds is 15. The fraction of sp³-hybridized carbons (Fsp3) is 0.290. The third-order valence-corrected chi connectivity index (χ3v) is 7.48. The first-order chi connectivity index (χ1) is 20.4. The molecule has 3 rings (SSSR count). The fourth-order valence-electron chi connectivity index (χ4n) is 4.20. The molecule has 43 heavy (non-hydrogen) atoms. The summed E-state index contributed by atoms with van der Waals surface area (Å²) in [5.74, 6) is -1.64. The van der Waals surface area contributed by atoms with Crippen LogP contribution in [-0.2, 0) is 27.6 Å². The fourth-order valence-corrected chi connectivity index (χ4v) is 4.88. The second-order valence-electron chi connectivity index (χ2n) is 9.89. The van der Waals surface area contributed by atoms with Crippen LogP contribution in [0, 0.1) is 11.6 Å². The summed E-state index contributed by atoms with van der Waals surface area (Å²) >= 11 is 0. The lowest BCUT2D eigenvalue weighted by molar-refractivity contribution is 0.0829. The molecule has 3 aromatic carbocycles. The first-order valence-electron chi connectivity index (χ1n) is 13.3. The molecule has 0 heterocycles. The van der Waals surface area contributed by atoms with Crippen molar-refractivity contribution in [2.24, 2.45) is 5.16 Å². The topological polar surface area (TPSA) is 126 Å². The van der Waals surface area contributed by atoms with E-state index in [4.69, 9.17) is 9.57 Å². The van der Waals surface area contributed by atoms with Crippen molar-refractivity contribution >= 4 is 21.5 Å². The van der Waals surface area contributed by atoms with Crippen molar-refractivity contribution in [2.45, 2.75) is 36.9 Å². The lowest BCUT2D eigenvalue weighted by atomic mass is 9.99. The van der Waals surface area contributed by atoms with Gasteiger partial charge in [-0.1, -0.05) is 29.9 Å². The summed E-state index contributed by atoms with van der Waals surface area (Å²) in [7, 11) is -2.18. The highest BCUT2D eigenvalue weighted by molar-refractivity contribution is 7.90. The highest BCUT2D eigenvalue weighted by atomic mass is 32.2. The van der Waals surface area contributed by atoms with Crippen LogP contribution in [0.2, 0.25) is 0 Å². The molecular formula is C31H35F2N3O6S. The predicted molar refractivity (Wildman–Crippen MR) is 160 cm³/mol. The lowest BCUT2D eigenvalue weighted by Crippen LogP contribution is -2.48. The number of nitrogens with one attached hydrogen (secondary N) is 2. The number of carbonyl (C=O) groups is 1. The van der Waals surface area contributed by atoms with E-state index in [2.05, 4.69) is 22.4 Å². The van der Waals surface area contributed by atoms with Gasteiger partial charge in [0.25, 0.3) is 5.91 Å². The van der Waals surface area contributed by atoms with Crippen LogP contribution < -0.4 is 15.4 Å². The van der Waals surface area contributed by atoms with Gasteiger partial charge >= 0.3 is 0 Å². The molecule has 0 aliphatic heterocycles. The van der Waals surface area contributed by atoms with E-state index >= 15 is 0 Å². The molecule has 9 nitrogen and oxygen atoms in total. The molecule has 230 valence electrons. The molecule has 0 aliphatic carbocycles. The van der Waals surface area contributed by atoms with Crippen molar-refractivity contribution in [2.75, 3.05) is 26.5 Å². The van der Waals surface area contributed by atoms with Gasteiger partial charge in [-0.25, -0.2) is 17.2 Å². The highest BCUT2D eigenvalue weighted by Gasteiger charge is 2.24. The van der Waals surface area contributed by atoms with Gasteiger partial charge in [0, 0.05) is 36.5 Å². The summed E-state index contributed by atoms with van der Waals surface area (Å²) in [5, 5.41) is 20.9. The number of halogens is 2. The summed E-state index contributed by atoms with van der Waals surface area (Å²) < 4.78 is 57.9. The normalized spacial score (nSPS) is 13.2. The van der Waals surface area contributed by atoms with E-state index < -0.39 is 39.5 Å². The molecule has 0 fully saturated rings. The Morgan fingerprint density at radius 2 is 1.77 bits per heavy atom. The number of carbonyl (C=O) groups excluding carboxylic acids is 1. The third kappa shape index (κ3) is 10.3. The molecule has 2 atom stereocenters. The van der Waals surface area contributed by atoms with Crippen LogP contribution >= 0.6 is 0 Å². The van der Waals surface area contributed by atoms with Gasteiger partial charge in [0.1, 0.15) is 24.0 Å². The number of hydrogen-bond donors (Lipinski definition) is 3. The summed E-state index contributed by atoms with van der Waals surface area (Å²) in [6, 6.07) is 13.3. The smallest absolute Gasteiger partial charge is 0.251 e. The molecule has 0 bridgehead atoms. The van der Waals surface area contributed by atoms with Crippen LogP contribution in [0.4, 0.5) is 8.78 Å². The molecule has 0 aliphatic rings. The first-order valence-corrected chi connectivity index (χ1v) is 15.2. The van der Waals surface area contributed by atoms with E-state index in [-0.39, 0.29) is 35.6 Å². The van der Waals surface area contributed by atoms with Gasteiger partial charge in [-0.2, -0.15) is 0 Å². The Kier molecular flexibility index (Phi) is 11.9. The summed E-state index contributed by atoms with van der Waals surface area (Å²) in [6.07, 6.45) is 1.18. The highest BCUT2D eigenvalue weighted by Crippen LogP contribution is 2.19. The van der Waals surface area contributed by atoms with Gasteiger partial charge in [-0.05, 0) is 66.9 Å². The largest absolute Gasteiger partial charge is 0.497 e. The number of amides is 1. The van der Waals surface area contributed by atoms with Crippen molar-refractivity contribution in [1.82, 2.24) is 10.6 Å². The van der Waals surface area contributed by atoms with E-state index in [1.54, 1.807) is 20.1 Å². The van der Waals surface area contributed by atoms with E-state index in [0.717, 1.165) is 30.0 Å². The van der Waals surface area contributed by atoms with Gasteiger partial charge in [0.15, 0.2) is 9.84 Å². The third-order valence-electron chi connectivity index (χ3n) is 6.38. The quantitative estimate of drug-likeness (QED) is 0.103. The second-order valence-corrected chi connectivity index (χ2v) is 11.9. The van der Waals surface area contributed by atoms with Crippen LogP contribution in [-0.4, -0.2) is 63.8 Å². The number of oxime groups is 1. The number of benzene rings is 3. The van der Waals surface area contributed by atoms with Crippen LogP contribution in [0.3, 0.4) is 0 Å². The molecule has 0 radical (unpaired) electrons. The number of sulfone groups is 1. The number of ether oxygens (including phenoxy) is 1. The molecular weight excluding hydrogens is 580 g/mol. The molecule has 0 saturated heterocycles. The monoisotopic (exact) mass is 615 g/mol. The standard InChI is InChI=1S/C31H35F2N3O6S/c1-5-9-42-36-20(2)23-14-24(16-28(15-23)43(4,39)40)31(38)35-29(13-22-10-25(32)17-26(33)11-22)30(37)19-34-18-21-7-6-8-27(12-21)41-3/h5-8,10-12,14-17,29-30,34,37H,1,9,13,18-19H2,2-4H3,(H,35,38)/t29-,30+/m0/s1. The van der Waals surface area contributed by atoms with Crippen LogP contribution in [0.15, 0.2) is 83.4 Å². The number of hydrogen-bond acceptors (Lipinski definition) is 8. The minimum Gasteiger partial charge on any atom is -0.497 e. The van der Waals surface area contributed by atoms with Crippen molar-refractivity contribution < 1.29 is 36.7 Å². The van der Waals surface area contributed by atoms with Gasteiger partial charge in [-0.15, -0.1) is 0 Å². The van der Waals surface area contributed by atoms with E-state index in [0.29, 0.717) is 23.6 Å². The Morgan fingerprint density at radius 3 is 2.42 bits per heavy atom. The minimum atomic E-state index is -3.73. The van der Waals surface area contributed by atoms with Crippen LogP contribution in [0.25, 0.3) is 0 Å². The van der Waals surface area contributed by atoms with Gasteiger partial charge in [0.2, 0.25) is 0 Å². The zero-order valence-corrected chi connectivity index (χ0v) is 25.0. The molecule has 0 saturated carbocycles. The average Bonchev–Trinajstić information content (AvgIpc) is 2.95. The van der Waals surface area contributed by atoms with Crippen molar-refractivity contribution in [1.29, 1.82) is 0 Å². The van der Waals surface area contributed by atoms with Gasteiger partial charge < -0.3 is 25.3 Å². The maximum Gasteiger partial charge on any atom is 0.251 e. The zero-order chi connectivity index (χ0) is 31.6. The molecule has 0 unspecified atom stereocenters. The Hall–Kier alpha value is -4.13. The molecule has 0 spiro atoms. The Labute approximate surface area is 250 Å². The van der Waals surface area contributed by atoms with E-state index in [1.165, 1.54) is 24.3 Å². The number of nitrogens with zero attached hydrogens (tertiary/aromatic N) is 1. The average molecular weight is 616 g/mol. The number of aliphatic hydroxyl groups is 1. The van der Waals surface area contributed by atoms with Gasteiger partial charge in [0.05, 0.1) is 29.9 Å². The molecule has 0 aromatic heterocycles. The Morgan fingerprint density at radius 1 is 1.07 bits per heavy atom. The number of methoxy groups -OCH3 is 1. The summed E-state index contributed by atoms with van der Waals surface area (Å²) in [6.45, 7) is 5.64. The summed E-state index contributed by atoms with van der Waals surface area (Å²) in [4.78, 5) is 18.5. The van der Waals surface area contributed by atoms with Crippen molar-refractivity contribution in [3.05, 3.63) is 107 Å². The molecule has 3 aromatic rings. The van der Waals surface area contributed by atoms with Crippen molar-refractivity contribution in [3.63, 3.8) is 0 Å². The maximum atomic E-state index is 14.0. The number of aliphatic hydroxyl groups excluding tert-OH is 1. The lowest BCUT2D eigenvalue weighted by Gasteiger charge is -2.25. The molecule has 3 N–H and O–H groups in total. The minimum absolute atomic E-state index is 0.0149. The van der Waals surface area contributed by atoms with Crippen molar-refractivity contribution in [3.8, 4) is 5.75 Å². The zero-order valence-electron chi connectivity index (χ0n) is 24.1. The molecule has 12 heteroatoms. The van der Waals surface area contributed by atoms with E-state index in [1.807, 2.05) is 18.2 Å². The van der Waals surface area contributed by atoms with Crippen LogP contribution in [0.5, 0.6) is 5.75 Å². The SMILES string of the molecule is C=CCON=C(C)c1cc(C(=O)N[C@@H](Cc2cc(F)cc(F)c2)[C@H](O)CNCc2cccc(OC)c2)cc(S(C)(=O)=O)c1. The van der Waals surface area contributed by atoms with Crippen LogP contribution in [0.1, 0.15) is 34.0 Å². The predicted octanol–water partition coefficient (Wildman–Crippen LogP) is 3.80. The first kappa shape index (κ1) is 33.4. The Bertz CT molecular complexity index is 1560.